The second-order valence-electron chi connectivity index (χ2n) is 10.8. The van der Waals surface area contributed by atoms with Gasteiger partial charge in [-0.25, -0.2) is 4.39 Å². The molecule has 0 radical (unpaired) electrons. The van der Waals surface area contributed by atoms with Crippen molar-refractivity contribution >= 4 is 17.4 Å². The van der Waals surface area contributed by atoms with Gasteiger partial charge in [-0.05, 0) is 51.1 Å². The minimum absolute atomic E-state index is 0.00756. The fourth-order valence-electron chi connectivity index (χ4n) is 6.07. The highest BCUT2D eigenvalue weighted by molar-refractivity contribution is 5.87. The number of halogens is 4. The van der Waals surface area contributed by atoms with Crippen molar-refractivity contribution in [3.8, 4) is 12.1 Å². The third-order valence-corrected chi connectivity index (χ3v) is 8.28. The number of likely N-dealkylation sites (N-methyl/N-ethyl adjacent to an activating group) is 1. The molecule has 3 aliphatic heterocycles. The number of alkyl halides is 3. The van der Waals surface area contributed by atoms with Gasteiger partial charge in [0.2, 0.25) is 5.91 Å². The van der Waals surface area contributed by atoms with Gasteiger partial charge in [-0.1, -0.05) is 12.6 Å². The summed E-state index contributed by atoms with van der Waals surface area (Å²) in [5, 5.41) is 9.42. The van der Waals surface area contributed by atoms with Crippen molar-refractivity contribution in [2.45, 2.75) is 50.5 Å². The Morgan fingerprint density at radius 2 is 2.00 bits per heavy atom. The van der Waals surface area contributed by atoms with Crippen LogP contribution < -0.4 is 14.5 Å². The molecule has 2 unspecified atom stereocenters. The van der Waals surface area contributed by atoms with Gasteiger partial charge in [0.1, 0.15) is 23.8 Å². The molecule has 0 N–H and O–H groups in total. The van der Waals surface area contributed by atoms with Crippen LogP contribution in [-0.4, -0.2) is 84.1 Å². The van der Waals surface area contributed by atoms with Crippen LogP contribution in [0.15, 0.2) is 30.9 Å². The molecular formula is C29H33F4N7O2. The second kappa shape index (κ2) is 12.1. The average molecular weight is 588 g/mol. The maximum absolute atomic E-state index is 14.4. The van der Waals surface area contributed by atoms with Crippen LogP contribution >= 0.6 is 0 Å². The quantitative estimate of drug-likeness (QED) is 0.357. The predicted molar refractivity (Wildman–Crippen MR) is 147 cm³/mol. The van der Waals surface area contributed by atoms with E-state index in [0.29, 0.717) is 44.2 Å². The first-order valence-corrected chi connectivity index (χ1v) is 14.0. The molecule has 5 rings (SSSR count). The zero-order valence-corrected chi connectivity index (χ0v) is 23.4. The van der Waals surface area contributed by atoms with Crippen LogP contribution in [0.5, 0.6) is 6.01 Å². The van der Waals surface area contributed by atoms with E-state index in [1.54, 1.807) is 4.90 Å². The number of rotatable bonds is 7. The molecule has 224 valence electrons. The van der Waals surface area contributed by atoms with Crippen LogP contribution in [0, 0.1) is 17.1 Å². The van der Waals surface area contributed by atoms with E-state index in [4.69, 9.17) is 9.72 Å². The highest BCUT2D eigenvalue weighted by atomic mass is 19.4. The van der Waals surface area contributed by atoms with E-state index in [-0.39, 0.29) is 43.2 Å². The van der Waals surface area contributed by atoms with Gasteiger partial charge >= 0.3 is 12.2 Å². The number of fused-ring (bicyclic) bond motifs is 1. The topological polar surface area (TPSA) is 88.8 Å². The summed E-state index contributed by atoms with van der Waals surface area (Å²) in [6.45, 7) is 6.21. The van der Waals surface area contributed by atoms with Crippen LogP contribution in [0.25, 0.3) is 0 Å². The molecule has 4 heterocycles. The first kappa shape index (κ1) is 29.6. The van der Waals surface area contributed by atoms with E-state index in [9.17, 15) is 27.6 Å². The normalized spacial score (nSPS) is 21.2. The number of anilines is 2. The minimum Gasteiger partial charge on any atom is -0.462 e. The first-order valence-electron chi connectivity index (χ1n) is 14.0. The lowest BCUT2D eigenvalue weighted by molar-refractivity contribution is -0.139. The van der Waals surface area contributed by atoms with Crippen molar-refractivity contribution in [1.29, 1.82) is 5.26 Å². The second-order valence-corrected chi connectivity index (χ2v) is 10.8. The monoisotopic (exact) mass is 587 g/mol. The number of piperazine rings is 1. The molecule has 9 nitrogen and oxygen atoms in total. The van der Waals surface area contributed by atoms with E-state index in [1.165, 1.54) is 23.1 Å². The Morgan fingerprint density at radius 1 is 1.19 bits per heavy atom. The van der Waals surface area contributed by atoms with Crippen LogP contribution in [0.4, 0.5) is 29.1 Å². The lowest BCUT2D eigenvalue weighted by Crippen LogP contribution is -2.55. The molecule has 1 aromatic carbocycles. The largest absolute Gasteiger partial charge is 0.462 e. The average Bonchev–Trinajstić information content (AvgIpc) is 3.38. The van der Waals surface area contributed by atoms with E-state index < -0.39 is 23.6 Å². The van der Waals surface area contributed by atoms with Crippen molar-refractivity contribution in [1.82, 2.24) is 19.8 Å². The van der Waals surface area contributed by atoms with Crippen LogP contribution in [0.3, 0.4) is 0 Å². The van der Waals surface area contributed by atoms with E-state index in [1.807, 2.05) is 11.9 Å². The number of ether oxygens (including phenoxy) is 1. The molecule has 2 saturated heterocycles. The van der Waals surface area contributed by atoms with Crippen molar-refractivity contribution < 1.29 is 27.1 Å². The molecule has 0 bridgehead atoms. The summed E-state index contributed by atoms with van der Waals surface area (Å²) in [4.78, 5) is 29.1. The Bertz CT molecular complexity index is 1380. The molecule has 0 aliphatic carbocycles. The molecule has 2 aromatic rings. The van der Waals surface area contributed by atoms with Crippen LogP contribution in [-0.2, 0) is 23.9 Å². The lowest BCUT2D eigenvalue weighted by atomic mass is 10.0. The number of hydrogen-bond donors (Lipinski definition) is 0. The van der Waals surface area contributed by atoms with E-state index in [2.05, 4.69) is 22.5 Å². The van der Waals surface area contributed by atoms with Crippen molar-refractivity contribution in [3.05, 3.63) is 53.5 Å². The van der Waals surface area contributed by atoms with Gasteiger partial charge in [-0.2, -0.15) is 28.4 Å². The summed E-state index contributed by atoms with van der Waals surface area (Å²) in [6, 6.07) is 5.42. The lowest BCUT2D eigenvalue weighted by Gasteiger charge is -2.42. The van der Waals surface area contributed by atoms with Crippen molar-refractivity contribution in [3.63, 3.8) is 0 Å². The summed E-state index contributed by atoms with van der Waals surface area (Å²) in [5.74, 6) is -0.997. The highest BCUT2D eigenvalue weighted by Crippen LogP contribution is 2.40. The van der Waals surface area contributed by atoms with Gasteiger partial charge in [-0.3, -0.25) is 4.79 Å². The number of hydrogen-bond acceptors (Lipinski definition) is 8. The number of nitriles is 1. The zero-order chi connectivity index (χ0) is 30.0. The van der Waals surface area contributed by atoms with Gasteiger partial charge in [0.05, 0.1) is 36.5 Å². The Morgan fingerprint density at radius 3 is 2.69 bits per heavy atom. The summed E-state index contributed by atoms with van der Waals surface area (Å²) in [5.41, 5.74) is -0.277. The number of nitrogens with zero attached hydrogens (tertiary/aromatic N) is 7. The molecule has 2 fully saturated rings. The molecule has 42 heavy (non-hydrogen) atoms. The summed E-state index contributed by atoms with van der Waals surface area (Å²) in [7, 11) is 2.02. The minimum atomic E-state index is -4.86. The predicted octanol–water partition coefficient (Wildman–Crippen LogP) is 3.79. The third kappa shape index (κ3) is 5.99. The Hall–Kier alpha value is -3.92. The fraction of sp³-hybridized carbons (Fsp3) is 0.517. The maximum atomic E-state index is 14.4. The van der Waals surface area contributed by atoms with Gasteiger partial charge in [0, 0.05) is 37.8 Å². The number of carbonyl (C=O) groups is 1. The maximum Gasteiger partial charge on any atom is 0.421 e. The van der Waals surface area contributed by atoms with Crippen molar-refractivity contribution in [2.24, 2.45) is 0 Å². The SMILES string of the molecule is C=CC(=O)N1CCN(c2nc(OCC3CCCN3C)nc3c2CCN(c2cccc(F)c2C(F)(F)F)C3)CC1CC#N. The highest BCUT2D eigenvalue weighted by Gasteiger charge is 2.40. The molecule has 0 saturated carbocycles. The summed E-state index contributed by atoms with van der Waals surface area (Å²) in [6.07, 6.45) is -1.17. The Balaban J connectivity index is 1.49. The number of benzene rings is 1. The van der Waals surface area contributed by atoms with Gasteiger partial charge in [-0.15, -0.1) is 0 Å². The smallest absolute Gasteiger partial charge is 0.421 e. The number of amides is 1. The fourth-order valence-corrected chi connectivity index (χ4v) is 6.07. The third-order valence-electron chi connectivity index (χ3n) is 8.28. The van der Waals surface area contributed by atoms with E-state index in [0.717, 1.165) is 31.0 Å². The molecule has 1 aromatic heterocycles. The van der Waals surface area contributed by atoms with Gasteiger partial charge in [0.15, 0.2) is 0 Å². The van der Waals surface area contributed by atoms with E-state index >= 15 is 0 Å². The first-order chi connectivity index (χ1) is 20.1. The molecule has 0 spiro atoms. The molecular weight excluding hydrogens is 554 g/mol. The number of likely N-dealkylation sites (tertiary alicyclic amines) is 1. The number of aromatic nitrogens is 2. The molecule has 2 atom stereocenters. The molecule has 3 aliphatic rings. The van der Waals surface area contributed by atoms with Gasteiger partial charge < -0.3 is 24.3 Å². The van der Waals surface area contributed by atoms with Crippen LogP contribution in [0.2, 0.25) is 0 Å². The van der Waals surface area contributed by atoms with Gasteiger partial charge in [0.25, 0.3) is 0 Å². The van der Waals surface area contributed by atoms with Crippen LogP contribution in [0.1, 0.15) is 36.1 Å². The molecule has 1 amide bonds. The molecule has 13 heteroatoms. The Kier molecular flexibility index (Phi) is 8.54. The zero-order valence-electron chi connectivity index (χ0n) is 23.4. The number of carbonyl (C=O) groups excluding carboxylic acids is 1. The standard InChI is InChI=1S/C29H33F4N7O2/c1-3-25(41)40-15-14-39(16-19(40)9-11-34)27-21-10-13-38(24-8-4-7-22(30)26(24)29(31,32)33)17-23(21)35-28(36-27)42-18-20-6-5-12-37(20)2/h3-4,7-8,19-20H,1,5-6,9-10,12-18H2,2H3. The summed E-state index contributed by atoms with van der Waals surface area (Å²) >= 11 is 0. The summed E-state index contributed by atoms with van der Waals surface area (Å²) < 4.78 is 62.0. The Labute approximate surface area is 242 Å². The van der Waals surface area contributed by atoms with Crippen molar-refractivity contribution in [2.75, 3.05) is 56.2 Å².